The van der Waals surface area contributed by atoms with Crippen molar-refractivity contribution >= 4 is 23.2 Å². The summed E-state index contributed by atoms with van der Waals surface area (Å²) in [5.74, 6) is -0.0538. The molecule has 1 aromatic carbocycles. The molecule has 0 spiro atoms. The average Bonchev–Trinajstić information content (AvgIpc) is 3.52. The lowest BCUT2D eigenvalue weighted by Gasteiger charge is -2.29. The highest BCUT2D eigenvalue weighted by molar-refractivity contribution is 7.09. The molecule has 4 heterocycles. The van der Waals surface area contributed by atoms with Crippen molar-refractivity contribution in [2.75, 3.05) is 32.7 Å². The predicted molar refractivity (Wildman–Crippen MR) is 142 cm³/mol. The van der Waals surface area contributed by atoms with Gasteiger partial charge in [-0.25, -0.2) is 0 Å². The molecular formula is C28H33N5O2S. The molecule has 2 fully saturated rings. The molecule has 36 heavy (non-hydrogen) atoms. The zero-order chi connectivity index (χ0) is 24.7. The van der Waals surface area contributed by atoms with E-state index in [4.69, 9.17) is 0 Å². The topological polar surface area (TPSA) is 68.8 Å². The maximum Gasteiger partial charge on any atom is 0.256 e. The standard InChI is InChI=1S/C28H33N5O2S/c34-27(23-9-4-11-30-18-23)33-20-24(17-26(33)28(35)31-14-6-12-29-13-15-31)32(21-25-10-5-16-36-25)19-22-7-2-1-3-8-22/h1-5,7-11,16,18,24,26,29H,6,12-15,17,19-21H2. The van der Waals surface area contributed by atoms with Crippen molar-refractivity contribution < 1.29 is 9.59 Å². The summed E-state index contributed by atoms with van der Waals surface area (Å²) in [4.78, 5) is 39.1. The molecule has 0 aliphatic carbocycles. The van der Waals surface area contributed by atoms with Crippen LogP contribution in [0.2, 0.25) is 0 Å². The van der Waals surface area contributed by atoms with E-state index in [0.29, 0.717) is 25.1 Å². The highest BCUT2D eigenvalue weighted by Gasteiger charge is 2.43. The van der Waals surface area contributed by atoms with Gasteiger partial charge >= 0.3 is 0 Å². The van der Waals surface area contributed by atoms with Crippen molar-refractivity contribution in [2.24, 2.45) is 0 Å². The van der Waals surface area contributed by atoms with Crippen molar-refractivity contribution in [1.82, 2.24) is 25.0 Å². The Labute approximate surface area is 216 Å². The lowest BCUT2D eigenvalue weighted by atomic mass is 10.1. The number of likely N-dealkylation sites (tertiary alicyclic amines) is 1. The van der Waals surface area contributed by atoms with E-state index < -0.39 is 6.04 Å². The Morgan fingerprint density at radius 2 is 1.92 bits per heavy atom. The second kappa shape index (κ2) is 11.8. The van der Waals surface area contributed by atoms with Gasteiger partial charge < -0.3 is 15.1 Å². The van der Waals surface area contributed by atoms with Crippen LogP contribution in [0.4, 0.5) is 0 Å². The summed E-state index contributed by atoms with van der Waals surface area (Å²) in [5.41, 5.74) is 1.76. The fraction of sp³-hybridized carbons (Fsp3) is 0.393. The zero-order valence-electron chi connectivity index (χ0n) is 20.5. The van der Waals surface area contributed by atoms with Gasteiger partial charge in [0.05, 0.1) is 5.56 Å². The predicted octanol–water partition coefficient (Wildman–Crippen LogP) is 3.25. The number of nitrogens with one attached hydrogen (secondary N) is 1. The van der Waals surface area contributed by atoms with Gasteiger partial charge in [0.15, 0.2) is 0 Å². The third-order valence-corrected chi connectivity index (χ3v) is 7.93. The van der Waals surface area contributed by atoms with E-state index in [1.54, 1.807) is 40.8 Å². The summed E-state index contributed by atoms with van der Waals surface area (Å²) >= 11 is 1.74. The van der Waals surface area contributed by atoms with Crippen molar-refractivity contribution in [3.63, 3.8) is 0 Å². The Kier molecular flexibility index (Phi) is 8.05. The lowest BCUT2D eigenvalue weighted by Crippen LogP contribution is -2.48. The van der Waals surface area contributed by atoms with Gasteiger partial charge in [0.25, 0.3) is 5.91 Å². The largest absolute Gasteiger partial charge is 0.340 e. The molecule has 1 N–H and O–H groups in total. The molecular weight excluding hydrogens is 470 g/mol. The molecule has 2 aliphatic heterocycles. The van der Waals surface area contributed by atoms with Crippen LogP contribution in [0.15, 0.2) is 72.4 Å². The molecule has 7 nitrogen and oxygen atoms in total. The number of amides is 2. The fourth-order valence-electron chi connectivity index (χ4n) is 5.20. The first-order valence-corrected chi connectivity index (χ1v) is 13.6. The number of nitrogens with zero attached hydrogens (tertiary/aromatic N) is 4. The number of carbonyl (C=O) groups excluding carboxylic acids is 2. The molecule has 2 aliphatic rings. The summed E-state index contributed by atoms with van der Waals surface area (Å²) in [6.07, 6.45) is 4.82. The molecule has 3 aromatic rings. The zero-order valence-corrected chi connectivity index (χ0v) is 21.3. The van der Waals surface area contributed by atoms with Crippen LogP contribution in [0, 0.1) is 0 Å². The quantitative estimate of drug-likeness (QED) is 0.536. The van der Waals surface area contributed by atoms with Crippen molar-refractivity contribution in [2.45, 2.75) is 38.0 Å². The molecule has 0 saturated carbocycles. The van der Waals surface area contributed by atoms with E-state index in [2.05, 4.69) is 57.0 Å². The first-order chi connectivity index (χ1) is 17.7. The second-order valence-corrected chi connectivity index (χ2v) is 10.5. The molecule has 5 rings (SSSR count). The molecule has 0 bridgehead atoms. The van der Waals surface area contributed by atoms with Gasteiger partial charge in [0.1, 0.15) is 6.04 Å². The Balaban J connectivity index is 1.42. The molecule has 8 heteroatoms. The minimum atomic E-state index is -0.470. The monoisotopic (exact) mass is 503 g/mol. The van der Waals surface area contributed by atoms with Crippen LogP contribution in [0.25, 0.3) is 0 Å². The second-order valence-electron chi connectivity index (χ2n) is 9.50. The number of hydrogen-bond acceptors (Lipinski definition) is 6. The molecule has 2 saturated heterocycles. The minimum absolute atomic E-state index is 0.0641. The molecule has 0 radical (unpaired) electrons. The first kappa shape index (κ1) is 24.6. The minimum Gasteiger partial charge on any atom is -0.340 e. The number of thiophene rings is 1. The third kappa shape index (κ3) is 5.83. The van der Waals surface area contributed by atoms with E-state index in [1.807, 2.05) is 11.0 Å². The summed E-state index contributed by atoms with van der Waals surface area (Å²) in [6.45, 7) is 5.20. The summed E-state index contributed by atoms with van der Waals surface area (Å²) < 4.78 is 0. The molecule has 2 aromatic heterocycles. The van der Waals surface area contributed by atoms with Gasteiger partial charge in [0, 0.05) is 62.6 Å². The van der Waals surface area contributed by atoms with Crippen LogP contribution in [-0.4, -0.2) is 76.3 Å². The fourth-order valence-corrected chi connectivity index (χ4v) is 5.93. The van der Waals surface area contributed by atoms with Crippen LogP contribution in [0.5, 0.6) is 0 Å². The maximum absolute atomic E-state index is 13.8. The Morgan fingerprint density at radius 3 is 2.69 bits per heavy atom. The van der Waals surface area contributed by atoms with Gasteiger partial charge in [-0.15, -0.1) is 11.3 Å². The SMILES string of the molecule is O=C(C1CC(N(Cc2ccccc2)Cc2cccs2)CN1C(=O)c1cccnc1)N1CCCNCC1. The Hall–Kier alpha value is -3.07. The molecule has 2 unspecified atom stereocenters. The van der Waals surface area contributed by atoms with Gasteiger partial charge in [-0.1, -0.05) is 36.4 Å². The maximum atomic E-state index is 13.8. The van der Waals surface area contributed by atoms with Crippen LogP contribution in [-0.2, 0) is 17.9 Å². The average molecular weight is 504 g/mol. The molecule has 2 atom stereocenters. The third-order valence-electron chi connectivity index (χ3n) is 7.07. The number of aromatic nitrogens is 1. The van der Waals surface area contributed by atoms with Gasteiger partial charge in [0.2, 0.25) is 5.91 Å². The van der Waals surface area contributed by atoms with Crippen molar-refractivity contribution in [3.05, 3.63) is 88.4 Å². The summed E-state index contributed by atoms with van der Waals surface area (Å²) in [7, 11) is 0. The van der Waals surface area contributed by atoms with Crippen molar-refractivity contribution in [1.29, 1.82) is 0 Å². The molecule has 188 valence electrons. The van der Waals surface area contributed by atoms with E-state index in [1.165, 1.54) is 10.4 Å². The highest BCUT2D eigenvalue weighted by Crippen LogP contribution is 2.29. The first-order valence-electron chi connectivity index (χ1n) is 12.7. The van der Waals surface area contributed by atoms with Gasteiger partial charge in [-0.05, 0) is 48.5 Å². The van der Waals surface area contributed by atoms with E-state index in [0.717, 1.165) is 39.1 Å². The van der Waals surface area contributed by atoms with E-state index in [9.17, 15) is 9.59 Å². The van der Waals surface area contributed by atoms with Crippen molar-refractivity contribution in [3.8, 4) is 0 Å². The number of pyridine rings is 1. The normalized spacial score (nSPS) is 20.5. The van der Waals surface area contributed by atoms with Crippen LogP contribution >= 0.6 is 11.3 Å². The highest BCUT2D eigenvalue weighted by atomic mass is 32.1. The van der Waals surface area contributed by atoms with Crippen LogP contribution in [0.1, 0.15) is 33.6 Å². The number of benzene rings is 1. The Morgan fingerprint density at radius 1 is 1.03 bits per heavy atom. The smallest absolute Gasteiger partial charge is 0.256 e. The van der Waals surface area contributed by atoms with Gasteiger partial charge in [-0.2, -0.15) is 0 Å². The number of rotatable bonds is 7. The molecule has 2 amide bonds. The summed E-state index contributed by atoms with van der Waals surface area (Å²) in [5, 5.41) is 5.47. The van der Waals surface area contributed by atoms with Gasteiger partial charge in [-0.3, -0.25) is 19.5 Å². The Bertz CT molecular complexity index is 1120. The van der Waals surface area contributed by atoms with E-state index in [-0.39, 0.29) is 17.9 Å². The number of hydrogen-bond donors (Lipinski definition) is 1. The summed E-state index contributed by atoms with van der Waals surface area (Å²) in [6, 6.07) is 17.8. The van der Waals surface area contributed by atoms with E-state index >= 15 is 0 Å². The lowest BCUT2D eigenvalue weighted by molar-refractivity contribution is -0.135. The number of carbonyl (C=O) groups is 2. The van der Waals surface area contributed by atoms with Crippen LogP contribution < -0.4 is 5.32 Å². The van der Waals surface area contributed by atoms with Crippen LogP contribution in [0.3, 0.4) is 0 Å².